The Morgan fingerprint density at radius 2 is 1.28 bits per heavy atom. The van der Waals surface area contributed by atoms with Crippen molar-refractivity contribution in [2.45, 2.75) is 201 Å². The number of carbonyl (C=O) groups is 8. The van der Waals surface area contributed by atoms with Gasteiger partial charge in [0, 0.05) is 47.7 Å². The topological polar surface area (TPSA) is 587 Å². The van der Waals surface area contributed by atoms with Crippen LogP contribution in [0.3, 0.4) is 0 Å². The average molecular weight is 1600 g/mol. The summed E-state index contributed by atoms with van der Waals surface area (Å²) in [5.74, 6) is -14.5. The van der Waals surface area contributed by atoms with Crippen LogP contribution in [0.15, 0.2) is 84.9 Å². The Hall–Kier alpha value is -9.65. The first-order valence-corrected chi connectivity index (χ1v) is 36.8. The quantitative estimate of drug-likeness (QED) is 0.0515. The van der Waals surface area contributed by atoms with Gasteiger partial charge in [-0.25, -0.2) is 0 Å². The number of phenolic OH excluding ortho intramolecular Hbond substituents is 3. The highest BCUT2D eigenvalue weighted by Crippen LogP contribution is 2.50. The molecule has 0 aromatic heterocycles. The number of ether oxygens (including phenoxy) is 8. The van der Waals surface area contributed by atoms with Gasteiger partial charge in [0.25, 0.3) is 0 Å². The number of primary amides is 1. The van der Waals surface area contributed by atoms with E-state index in [-0.39, 0.29) is 58.4 Å². The van der Waals surface area contributed by atoms with Crippen LogP contribution in [0.2, 0.25) is 5.02 Å². The van der Waals surface area contributed by atoms with Gasteiger partial charge in [0.2, 0.25) is 59.3 Å². The van der Waals surface area contributed by atoms with Gasteiger partial charge in [0.05, 0.1) is 55.1 Å². The lowest BCUT2D eigenvalue weighted by Crippen LogP contribution is -2.64. The standard InChI is InChI=1S/C75H94ClN11O26/c1-29(2)18-41(80-7)66(99)86-56-58(94)34-11-15-45(40(76)20-34)109-47-22-35-21-46(62(47)113-73-63(60(96)59(95)48(28-89)110-73)112-51-27-75(6,79)65(98)31(4)107-51)108-37-12-8-32(9-13-37)61(111-50-26-74(5,78)64(97)30(3)106-50)57-72(105)85-55(68(101)81-16-17-88)39-23-36(90)24-44(92)52(39)38-19-33(10-14-43(38)91)53(69(102)87-57)84-70(103)54(35)83-67(100)42(25-49(77)93)82-71(56)104/h8-15,19-24,29-31,41-42,48,50-51,53-61,63-65,73,80,88-92,94-98H,16-18,25-28,78-79H2,1-7H3,(H2,77,93)(H,81,101)(H,82,104)(H,83,100)(H,84,103)(H,85,105)(H,86,99)(H,87,102)/t30-,31-,41?,42?,48+,50?,51?,53?,54?,55?,56?,57?,58?,59+,60-,61?,63+,64-,65-,73?,74-,75-/m0/s1. The van der Waals surface area contributed by atoms with Crippen molar-refractivity contribution < 1.29 is 127 Å². The van der Waals surface area contributed by atoms with Crippen LogP contribution in [0.25, 0.3) is 11.1 Å². The van der Waals surface area contributed by atoms with Gasteiger partial charge in [-0.1, -0.05) is 49.7 Å². The summed E-state index contributed by atoms with van der Waals surface area (Å²) < 4.78 is 51.9. The lowest BCUT2D eigenvalue weighted by Gasteiger charge is -2.47. The molecule has 3 fully saturated rings. The van der Waals surface area contributed by atoms with Gasteiger partial charge < -0.3 is 149 Å². The van der Waals surface area contributed by atoms with Gasteiger partial charge in [-0.2, -0.15) is 0 Å². The highest BCUT2D eigenvalue weighted by atomic mass is 35.5. The van der Waals surface area contributed by atoms with E-state index in [1.807, 2.05) is 13.8 Å². The Morgan fingerprint density at radius 1 is 0.673 bits per heavy atom. The van der Waals surface area contributed by atoms with Gasteiger partial charge in [0.1, 0.15) is 95.5 Å². The molecule has 24 N–H and O–H groups in total. The lowest BCUT2D eigenvalue weighted by atomic mass is 9.86. The minimum absolute atomic E-state index is 0.0194. The largest absolute Gasteiger partial charge is 0.508 e. The van der Waals surface area contributed by atoms with E-state index in [4.69, 9.17) is 66.7 Å². The molecule has 5 aromatic rings. The number of hydrogen-bond donors (Lipinski definition) is 21. The van der Waals surface area contributed by atoms with Crippen LogP contribution < -0.4 is 73.9 Å². The molecule has 0 radical (unpaired) electrons. The van der Waals surface area contributed by atoms with Crippen molar-refractivity contribution >= 4 is 58.9 Å². The third kappa shape index (κ3) is 18.5. The zero-order valence-electron chi connectivity index (χ0n) is 62.3. The maximum Gasteiger partial charge on any atom is 0.248 e. The molecule has 612 valence electrons. The summed E-state index contributed by atoms with van der Waals surface area (Å²) in [6, 6.07) is 2.16. The van der Waals surface area contributed by atoms with Crippen molar-refractivity contribution in [2.24, 2.45) is 23.1 Å². The predicted molar refractivity (Wildman–Crippen MR) is 393 cm³/mol. The number of halogens is 1. The number of hydrogen-bond acceptors (Lipinski definition) is 29. The molecule has 8 amide bonds. The summed E-state index contributed by atoms with van der Waals surface area (Å²) in [5.41, 5.74) is 14.0. The van der Waals surface area contributed by atoms with E-state index in [1.165, 1.54) is 71.1 Å². The Balaban J connectivity index is 1.18. The first-order chi connectivity index (χ1) is 53.4. The maximum atomic E-state index is 16.4. The fourth-order valence-electron chi connectivity index (χ4n) is 14.5. The Labute approximate surface area is 651 Å². The summed E-state index contributed by atoms with van der Waals surface area (Å²) in [6.45, 7) is 7.62. The molecular weight excluding hydrogens is 1510 g/mol. The molecule has 22 atom stereocenters. The number of likely N-dealkylation sites (N-methyl/N-ethyl adjacent to an activating group) is 1. The van der Waals surface area contributed by atoms with Gasteiger partial charge in [-0.3, -0.25) is 38.4 Å². The lowest BCUT2D eigenvalue weighted by molar-refractivity contribution is -0.333. The molecule has 0 aliphatic carbocycles. The molecule has 37 nitrogen and oxygen atoms in total. The van der Waals surface area contributed by atoms with Crippen molar-refractivity contribution in [3.63, 3.8) is 0 Å². The first-order valence-electron chi connectivity index (χ1n) is 36.4. The highest BCUT2D eigenvalue weighted by Gasteiger charge is 2.52. The second kappa shape index (κ2) is 34.6. The van der Waals surface area contributed by atoms with E-state index in [9.17, 15) is 65.4 Å². The molecule has 11 bridgehead atoms. The SMILES string of the molecule is CNC(CC(C)C)C(=O)NC1C(=O)NC(CC(N)=O)C(=O)NC2C(=O)NC3C(=O)NC(C(=O)NC(C(=O)NCCO)c4cc(O)cc(O)c4-c4cc3ccc4O)C(OC3C[C@](C)(N)[C@@H](O)[C@H](C)O3)c3ccc(cc3)Oc3cc2cc(c3OC2O[C@H](CO)[C@@H](O)[C@H](O)[C@H]2OC2C[C@](C)(N)[C@@H](O)[C@H](C)O2)Oc2ccc(cc2Cl)C1O. The van der Waals surface area contributed by atoms with Crippen molar-refractivity contribution in [3.8, 4) is 57.1 Å². The molecule has 0 spiro atoms. The fourth-order valence-corrected chi connectivity index (χ4v) is 14.7. The minimum Gasteiger partial charge on any atom is -0.508 e. The molecule has 38 heteroatoms. The third-order valence-electron chi connectivity index (χ3n) is 20.5. The third-order valence-corrected chi connectivity index (χ3v) is 20.8. The van der Waals surface area contributed by atoms with Crippen LogP contribution in [0.4, 0.5) is 0 Å². The molecule has 12 unspecified atom stereocenters. The van der Waals surface area contributed by atoms with Gasteiger partial charge in [-0.05, 0) is 129 Å². The van der Waals surface area contributed by atoms with E-state index < -0.39 is 263 Å². The van der Waals surface area contributed by atoms with Crippen LogP contribution in [0.1, 0.15) is 125 Å². The zero-order valence-corrected chi connectivity index (χ0v) is 63.0. The van der Waals surface area contributed by atoms with Crippen LogP contribution in [0, 0.1) is 5.92 Å². The molecule has 5 aromatic carbocycles. The summed E-state index contributed by atoms with van der Waals surface area (Å²) in [5, 5.41) is 134. The zero-order chi connectivity index (χ0) is 82.1. The maximum absolute atomic E-state index is 16.4. The van der Waals surface area contributed by atoms with E-state index in [0.29, 0.717) is 0 Å². The van der Waals surface area contributed by atoms with E-state index in [1.54, 1.807) is 0 Å². The Bertz CT molecular complexity index is 4410. The van der Waals surface area contributed by atoms with Crippen LogP contribution in [-0.4, -0.2) is 228 Å². The fraction of sp³-hybridized carbons (Fsp3) is 0.493. The number of aromatic hydroxyl groups is 3. The van der Waals surface area contributed by atoms with Crippen LogP contribution in [0.5, 0.6) is 46.0 Å². The number of amides is 8. The highest BCUT2D eigenvalue weighted by molar-refractivity contribution is 6.32. The number of aliphatic hydroxyl groups excluding tert-OH is 7. The predicted octanol–water partition coefficient (Wildman–Crippen LogP) is -1.29. The van der Waals surface area contributed by atoms with E-state index >= 15 is 24.0 Å². The molecule has 13 rings (SSSR count). The molecule has 113 heavy (non-hydrogen) atoms. The number of rotatable bonds is 17. The number of nitrogens with one attached hydrogen (secondary N) is 8. The van der Waals surface area contributed by atoms with Gasteiger partial charge >= 0.3 is 0 Å². The van der Waals surface area contributed by atoms with Crippen molar-refractivity contribution in [1.82, 2.24) is 42.5 Å². The van der Waals surface area contributed by atoms with Crippen molar-refractivity contribution in [3.05, 3.63) is 118 Å². The second-order valence-corrected chi connectivity index (χ2v) is 30.2. The average Bonchev–Trinajstić information content (AvgIpc) is 0.771. The number of benzene rings is 5. The Morgan fingerprint density at radius 3 is 1.89 bits per heavy atom. The minimum atomic E-state index is -2.34. The first kappa shape index (κ1) is 84.3. The van der Waals surface area contributed by atoms with Crippen molar-refractivity contribution in [1.29, 1.82) is 0 Å². The molecular formula is C75H94ClN11O26. The summed E-state index contributed by atoms with van der Waals surface area (Å²) >= 11 is 7.15. The molecule has 0 saturated carbocycles. The normalized spacial score (nSPS) is 31.7. The summed E-state index contributed by atoms with van der Waals surface area (Å²) in [7, 11) is 1.48. The van der Waals surface area contributed by atoms with E-state index in [2.05, 4.69) is 42.5 Å². The molecule has 3 saturated heterocycles. The molecule has 8 heterocycles. The van der Waals surface area contributed by atoms with Gasteiger partial charge in [-0.15, -0.1) is 0 Å². The Kier molecular flexibility index (Phi) is 25.8. The summed E-state index contributed by atoms with van der Waals surface area (Å²) in [6.07, 6.45) is -22.3. The second-order valence-electron chi connectivity index (χ2n) is 29.8. The smallest absolute Gasteiger partial charge is 0.248 e. The van der Waals surface area contributed by atoms with Crippen LogP contribution >= 0.6 is 11.6 Å². The molecule has 8 aliphatic rings. The van der Waals surface area contributed by atoms with Crippen molar-refractivity contribution in [2.75, 3.05) is 26.8 Å². The number of carbonyl (C=O) groups excluding carboxylic acids is 8. The monoisotopic (exact) mass is 1600 g/mol. The van der Waals surface area contributed by atoms with E-state index in [0.717, 1.165) is 48.5 Å². The van der Waals surface area contributed by atoms with Crippen LogP contribution in [-0.2, 0) is 62.0 Å². The number of phenols is 3. The number of aliphatic hydroxyl groups is 7. The number of nitrogens with two attached hydrogens (primary N) is 3. The summed E-state index contributed by atoms with van der Waals surface area (Å²) in [4.78, 5) is 121. The number of fused-ring (bicyclic) bond motifs is 15. The van der Waals surface area contributed by atoms with Gasteiger partial charge in [0.15, 0.2) is 30.2 Å². The molecule has 8 aliphatic heterocycles.